The molecule has 4 aromatic rings. The quantitative estimate of drug-likeness (QED) is 0.109. The molecule has 5 rings (SSSR count). The van der Waals surface area contributed by atoms with Crippen LogP contribution in [0.2, 0.25) is 0 Å². The van der Waals surface area contributed by atoms with Crippen molar-refractivity contribution in [3.8, 4) is 11.1 Å². The van der Waals surface area contributed by atoms with Gasteiger partial charge in [0.15, 0.2) is 6.29 Å². The van der Waals surface area contributed by atoms with Crippen LogP contribution in [0.25, 0.3) is 11.1 Å². The molecular formula is C37H37NO8S. The van der Waals surface area contributed by atoms with E-state index in [4.69, 9.17) is 14.6 Å². The summed E-state index contributed by atoms with van der Waals surface area (Å²) in [5.74, 6) is -1.55. The summed E-state index contributed by atoms with van der Waals surface area (Å²) in [5.41, 5.74) is 5.70. The summed E-state index contributed by atoms with van der Waals surface area (Å²) in [7, 11) is 0. The van der Waals surface area contributed by atoms with E-state index in [0.717, 1.165) is 33.4 Å². The SMILES string of the molecule is O=C(O)CCCC(=O)NCc1ccccc1-c1ccc(C2OC(CSc3ccccc3C(=O)O)CC(c3ccc(CO)cc3)O2)cc1. The summed E-state index contributed by atoms with van der Waals surface area (Å²) >= 11 is 1.45. The number of ether oxygens (including phenoxy) is 2. The lowest BCUT2D eigenvalue weighted by atomic mass is 9.97. The highest BCUT2D eigenvalue weighted by atomic mass is 32.2. The van der Waals surface area contributed by atoms with E-state index >= 15 is 0 Å². The summed E-state index contributed by atoms with van der Waals surface area (Å²) < 4.78 is 12.9. The Kier molecular flexibility index (Phi) is 11.8. The van der Waals surface area contributed by atoms with E-state index in [1.54, 1.807) is 18.2 Å². The van der Waals surface area contributed by atoms with E-state index < -0.39 is 18.2 Å². The van der Waals surface area contributed by atoms with E-state index in [2.05, 4.69) is 5.32 Å². The van der Waals surface area contributed by atoms with Crippen LogP contribution in [-0.2, 0) is 32.2 Å². The summed E-state index contributed by atoms with van der Waals surface area (Å²) in [4.78, 5) is 35.4. The molecule has 9 nitrogen and oxygen atoms in total. The van der Waals surface area contributed by atoms with E-state index in [9.17, 15) is 24.6 Å². The number of carboxylic acid groups (broad SMARTS) is 2. The smallest absolute Gasteiger partial charge is 0.336 e. The van der Waals surface area contributed by atoms with Gasteiger partial charge in [0, 0.05) is 42.0 Å². The molecule has 1 saturated heterocycles. The Morgan fingerprint density at radius 2 is 1.51 bits per heavy atom. The first kappa shape index (κ1) is 33.9. The van der Waals surface area contributed by atoms with Crippen LogP contribution in [0.5, 0.6) is 0 Å². The zero-order valence-electron chi connectivity index (χ0n) is 25.7. The minimum atomic E-state index is -0.972. The highest BCUT2D eigenvalue weighted by Crippen LogP contribution is 2.40. The van der Waals surface area contributed by atoms with Crippen LogP contribution in [0.1, 0.15) is 70.7 Å². The monoisotopic (exact) mass is 655 g/mol. The average Bonchev–Trinajstić information content (AvgIpc) is 3.10. The average molecular weight is 656 g/mol. The number of carbonyl (C=O) groups is 3. The third-order valence-corrected chi connectivity index (χ3v) is 9.14. The minimum absolute atomic E-state index is 0.0419. The molecule has 0 spiro atoms. The van der Waals surface area contributed by atoms with Gasteiger partial charge in [-0.05, 0) is 46.4 Å². The second-order valence-corrected chi connectivity index (χ2v) is 12.3. The fourth-order valence-corrected chi connectivity index (χ4v) is 6.50. The maximum Gasteiger partial charge on any atom is 0.336 e. The third kappa shape index (κ3) is 9.30. The van der Waals surface area contributed by atoms with Gasteiger partial charge in [-0.15, -0.1) is 11.8 Å². The number of hydrogen-bond donors (Lipinski definition) is 4. The van der Waals surface area contributed by atoms with Gasteiger partial charge >= 0.3 is 11.9 Å². The Bertz CT molecular complexity index is 1670. The fraction of sp³-hybridized carbons (Fsp3) is 0.270. The topological polar surface area (TPSA) is 142 Å². The first-order chi connectivity index (χ1) is 22.8. The van der Waals surface area contributed by atoms with Gasteiger partial charge in [-0.3, -0.25) is 9.59 Å². The molecule has 4 N–H and O–H groups in total. The zero-order valence-corrected chi connectivity index (χ0v) is 26.5. The maximum atomic E-state index is 12.3. The molecular weight excluding hydrogens is 618 g/mol. The number of aliphatic hydroxyl groups is 1. The van der Waals surface area contributed by atoms with E-state index in [-0.39, 0.29) is 43.1 Å². The zero-order chi connectivity index (χ0) is 33.2. The van der Waals surface area contributed by atoms with Crippen molar-refractivity contribution in [1.82, 2.24) is 5.32 Å². The first-order valence-corrected chi connectivity index (χ1v) is 16.4. The molecule has 1 aliphatic rings. The van der Waals surface area contributed by atoms with Gasteiger partial charge in [0.25, 0.3) is 0 Å². The molecule has 47 heavy (non-hydrogen) atoms. The predicted molar refractivity (Wildman–Crippen MR) is 178 cm³/mol. The fourth-order valence-electron chi connectivity index (χ4n) is 5.43. The molecule has 244 valence electrons. The van der Waals surface area contributed by atoms with E-state index in [1.807, 2.05) is 78.9 Å². The van der Waals surface area contributed by atoms with Gasteiger partial charge in [0.05, 0.1) is 24.4 Å². The Balaban J connectivity index is 1.31. The molecule has 3 unspecified atom stereocenters. The van der Waals surface area contributed by atoms with Gasteiger partial charge in [0.2, 0.25) is 5.91 Å². The summed E-state index contributed by atoms with van der Waals surface area (Å²) in [6, 6.07) is 30.3. The number of carboxylic acids is 2. The van der Waals surface area contributed by atoms with E-state index in [0.29, 0.717) is 30.0 Å². The molecule has 1 heterocycles. The number of nitrogens with one attached hydrogen (secondary N) is 1. The number of aromatic carboxylic acids is 1. The summed E-state index contributed by atoms with van der Waals surface area (Å²) in [6.07, 6.45) is -0.197. The molecule has 3 atom stereocenters. The highest BCUT2D eigenvalue weighted by Gasteiger charge is 2.32. The number of hydrogen-bond acceptors (Lipinski definition) is 7. The lowest BCUT2D eigenvalue weighted by molar-refractivity contribution is -0.245. The van der Waals surface area contributed by atoms with Crippen molar-refractivity contribution >= 4 is 29.6 Å². The number of thioether (sulfide) groups is 1. The van der Waals surface area contributed by atoms with Crippen molar-refractivity contribution in [1.29, 1.82) is 0 Å². The summed E-state index contributed by atoms with van der Waals surface area (Å²) in [5, 5.41) is 30.8. The van der Waals surface area contributed by atoms with Crippen LogP contribution in [0.3, 0.4) is 0 Å². The Labute approximate surface area is 277 Å². The minimum Gasteiger partial charge on any atom is -0.481 e. The van der Waals surface area contributed by atoms with Crippen LogP contribution in [0.4, 0.5) is 0 Å². The maximum absolute atomic E-state index is 12.3. The number of rotatable bonds is 14. The molecule has 0 aromatic heterocycles. The Hall–Kier alpha value is -4.48. The standard InChI is InChI=1S/C37H37NO8S/c39-22-24-12-14-26(15-13-24)32-20-29(23-47-33-9-4-3-8-31(33)36(43)44)45-37(46-32)27-18-16-25(17-19-27)30-7-2-1-6-28(30)21-38-34(40)10-5-11-35(41)42/h1-4,6-9,12-19,29,32,37,39H,5,10-11,20-23H2,(H,38,40)(H,41,42)(H,43,44). The number of aliphatic carboxylic acids is 1. The molecule has 0 radical (unpaired) electrons. The number of carbonyl (C=O) groups excluding carboxylic acids is 1. The van der Waals surface area contributed by atoms with Crippen molar-refractivity contribution in [3.05, 3.63) is 125 Å². The van der Waals surface area contributed by atoms with Gasteiger partial charge in [-0.25, -0.2) is 4.79 Å². The molecule has 10 heteroatoms. The van der Waals surface area contributed by atoms with Crippen LogP contribution >= 0.6 is 11.8 Å². The normalized spacial score (nSPS) is 17.6. The van der Waals surface area contributed by atoms with Gasteiger partial charge in [-0.2, -0.15) is 0 Å². The van der Waals surface area contributed by atoms with Crippen molar-refractivity contribution in [3.63, 3.8) is 0 Å². The number of aliphatic hydroxyl groups excluding tert-OH is 1. The van der Waals surface area contributed by atoms with Crippen LogP contribution in [0.15, 0.2) is 102 Å². The van der Waals surface area contributed by atoms with Crippen LogP contribution in [-0.4, -0.2) is 45.0 Å². The second-order valence-electron chi connectivity index (χ2n) is 11.3. The third-order valence-electron chi connectivity index (χ3n) is 7.94. The number of amides is 1. The van der Waals surface area contributed by atoms with Crippen molar-refractivity contribution in [2.24, 2.45) is 0 Å². The lowest BCUT2D eigenvalue weighted by Crippen LogP contribution is -2.31. The van der Waals surface area contributed by atoms with Gasteiger partial charge in [0.1, 0.15) is 0 Å². The molecule has 1 amide bonds. The molecule has 0 bridgehead atoms. The molecule has 0 aliphatic carbocycles. The lowest BCUT2D eigenvalue weighted by Gasteiger charge is -2.36. The molecule has 0 saturated carbocycles. The van der Waals surface area contributed by atoms with Gasteiger partial charge < -0.3 is 30.1 Å². The first-order valence-electron chi connectivity index (χ1n) is 15.4. The molecule has 1 fully saturated rings. The Morgan fingerprint density at radius 1 is 0.809 bits per heavy atom. The van der Waals surface area contributed by atoms with Crippen molar-refractivity contribution < 1.29 is 39.2 Å². The summed E-state index contributed by atoms with van der Waals surface area (Å²) in [6.45, 7) is 0.272. The number of benzene rings is 4. The molecule has 4 aromatic carbocycles. The van der Waals surface area contributed by atoms with Crippen LogP contribution < -0.4 is 5.32 Å². The molecule has 1 aliphatic heterocycles. The predicted octanol–water partition coefficient (Wildman–Crippen LogP) is 6.75. The van der Waals surface area contributed by atoms with Crippen molar-refractivity contribution in [2.75, 3.05) is 5.75 Å². The van der Waals surface area contributed by atoms with E-state index in [1.165, 1.54) is 11.8 Å². The van der Waals surface area contributed by atoms with Crippen LogP contribution in [0, 0.1) is 0 Å². The highest BCUT2D eigenvalue weighted by molar-refractivity contribution is 7.99. The van der Waals surface area contributed by atoms with Crippen molar-refractivity contribution in [2.45, 2.75) is 62.2 Å². The van der Waals surface area contributed by atoms with Gasteiger partial charge in [-0.1, -0.05) is 84.9 Å². The Morgan fingerprint density at radius 3 is 2.23 bits per heavy atom. The largest absolute Gasteiger partial charge is 0.481 e. The second kappa shape index (κ2) is 16.4.